The third-order valence-corrected chi connectivity index (χ3v) is 4.73. The lowest BCUT2D eigenvalue weighted by Crippen LogP contribution is -2.50. The number of aromatic nitrogens is 1. The van der Waals surface area contributed by atoms with E-state index in [9.17, 15) is 4.79 Å². The first kappa shape index (κ1) is 14.5. The third-order valence-electron chi connectivity index (χ3n) is 3.80. The molecule has 0 aromatic carbocycles. The lowest BCUT2D eigenvalue weighted by atomic mass is 9.91. The quantitative estimate of drug-likeness (QED) is 0.872. The number of aryl methyl sites for hydroxylation is 2. The first-order valence-electron chi connectivity index (χ1n) is 7.14. The van der Waals surface area contributed by atoms with Gasteiger partial charge in [-0.05, 0) is 39.2 Å². The van der Waals surface area contributed by atoms with E-state index < -0.39 is 0 Å². The molecule has 19 heavy (non-hydrogen) atoms. The Balaban J connectivity index is 2.10. The van der Waals surface area contributed by atoms with E-state index >= 15 is 0 Å². The van der Waals surface area contributed by atoms with Crippen LogP contribution >= 0.6 is 11.3 Å². The molecule has 4 nitrogen and oxygen atoms in total. The van der Waals surface area contributed by atoms with Gasteiger partial charge in [0.05, 0.1) is 11.2 Å². The number of hydrogen-bond donors (Lipinski definition) is 2. The molecule has 5 heteroatoms. The van der Waals surface area contributed by atoms with Crippen LogP contribution in [0, 0.1) is 6.92 Å². The Bertz CT molecular complexity index is 450. The fraction of sp³-hybridized carbons (Fsp3) is 0.714. The maximum atomic E-state index is 12.5. The van der Waals surface area contributed by atoms with Crippen molar-refractivity contribution in [2.24, 2.45) is 0 Å². The van der Waals surface area contributed by atoms with Crippen molar-refractivity contribution >= 4 is 22.4 Å². The Hall–Kier alpha value is -0.940. The summed E-state index contributed by atoms with van der Waals surface area (Å²) in [5, 5.41) is 7.14. The van der Waals surface area contributed by atoms with Crippen LogP contribution in [0.4, 0.5) is 5.13 Å². The van der Waals surface area contributed by atoms with Gasteiger partial charge in [0, 0.05) is 4.88 Å². The standard InChI is InChI=1S/C14H23N3OS/c1-4-7-14(8-6-9-15-14)12(18)17-13-16-11(5-2)10(3)19-13/h15H,4-9H2,1-3H3,(H,16,17,18). The predicted octanol–water partition coefficient (Wildman–Crippen LogP) is 2.87. The highest BCUT2D eigenvalue weighted by atomic mass is 32.1. The summed E-state index contributed by atoms with van der Waals surface area (Å²) in [6.07, 6.45) is 4.82. The van der Waals surface area contributed by atoms with Crippen molar-refractivity contribution < 1.29 is 4.79 Å². The van der Waals surface area contributed by atoms with Gasteiger partial charge >= 0.3 is 0 Å². The number of anilines is 1. The Kier molecular flexibility index (Phi) is 4.58. The molecule has 1 aliphatic rings. The van der Waals surface area contributed by atoms with Gasteiger partial charge in [0.2, 0.25) is 5.91 Å². The second-order valence-electron chi connectivity index (χ2n) is 5.19. The van der Waals surface area contributed by atoms with E-state index in [4.69, 9.17) is 0 Å². The molecule has 1 unspecified atom stereocenters. The summed E-state index contributed by atoms with van der Waals surface area (Å²) in [7, 11) is 0. The maximum Gasteiger partial charge on any atom is 0.246 e. The van der Waals surface area contributed by atoms with Gasteiger partial charge in [0.15, 0.2) is 5.13 Å². The Morgan fingerprint density at radius 1 is 1.53 bits per heavy atom. The van der Waals surface area contributed by atoms with Gasteiger partial charge < -0.3 is 10.6 Å². The molecule has 1 aromatic heterocycles. The minimum absolute atomic E-state index is 0.0863. The molecule has 0 bridgehead atoms. The third kappa shape index (κ3) is 2.98. The molecule has 2 N–H and O–H groups in total. The maximum absolute atomic E-state index is 12.5. The molecule has 106 valence electrons. The number of amides is 1. The van der Waals surface area contributed by atoms with E-state index in [2.05, 4.69) is 36.4 Å². The lowest BCUT2D eigenvalue weighted by Gasteiger charge is -2.27. The highest BCUT2D eigenvalue weighted by Crippen LogP contribution is 2.28. The first-order valence-corrected chi connectivity index (χ1v) is 7.95. The summed E-state index contributed by atoms with van der Waals surface area (Å²) in [6.45, 7) is 7.20. The van der Waals surface area contributed by atoms with Crippen molar-refractivity contribution in [3.8, 4) is 0 Å². The van der Waals surface area contributed by atoms with Crippen LogP contribution in [0.5, 0.6) is 0 Å². The van der Waals surface area contributed by atoms with Crippen LogP contribution in [0.2, 0.25) is 0 Å². The molecule has 0 aliphatic carbocycles. The zero-order valence-electron chi connectivity index (χ0n) is 12.0. The highest BCUT2D eigenvalue weighted by Gasteiger charge is 2.40. The zero-order valence-corrected chi connectivity index (χ0v) is 12.8. The molecule has 1 fully saturated rings. The predicted molar refractivity (Wildman–Crippen MR) is 79.7 cm³/mol. The van der Waals surface area contributed by atoms with E-state index in [-0.39, 0.29) is 11.4 Å². The SMILES string of the molecule is CCCC1(C(=O)Nc2nc(CC)c(C)s2)CCCN1. The van der Waals surface area contributed by atoms with Gasteiger partial charge in [-0.1, -0.05) is 20.3 Å². The molecular weight excluding hydrogens is 258 g/mol. The number of nitrogens with zero attached hydrogens (tertiary/aromatic N) is 1. The summed E-state index contributed by atoms with van der Waals surface area (Å²) in [6, 6.07) is 0. The topological polar surface area (TPSA) is 54.0 Å². The molecule has 0 saturated carbocycles. The number of thiazole rings is 1. The van der Waals surface area contributed by atoms with Crippen LogP contribution in [0.25, 0.3) is 0 Å². The van der Waals surface area contributed by atoms with Gasteiger partial charge in [-0.15, -0.1) is 11.3 Å². The van der Waals surface area contributed by atoms with E-state index in [0.29, 0.717) is 0 Å². The zero-order chi connectivity index (χ0) is 13.9. The van der Waals surface area contributed by atoms with E-state index in [1.54, 1.807) is 11.3 Å². The van der Waals surface area contributed by atoms with Crippen LogP contribution in [0.1, 0.15) is 50.1 Å². The molecule has 2 rings (SSSR count). The summed E-state index contributed by atoms with van der Waals surface area (Å²) in [5.41, 5.74) is 0.713. The smallest absolute Gasteiger partial charge is 0.246 e. The van der Waals surface area contributed by atoms with E-state index in [1.807, 2.05) is 0 Å². The Labute approximate surface area is 119 Å². The van der Waals surface area contributed by atoms with Crippen molar-refractivity contribution in [2.45, 2.75) is 58.4 Å². The molecular formula is C14H23N3OS. The molecule has 1 amide bonds. The minimum Gasteiger partial charge on any atom is -0.303 e. The number of hydrogen-bond acceptors (Lipinski definition) is 4. The van der Waals surface area contributed by atoms with Crippen molar-refractivity contribution in [1.29, 1.82) is 0 Å². The molecule has 0 radical (unpaired) electrons. The average molecular weight is 281 g/mol. The number of carbonyl (C=O) groups excluding carboxylic acids is 1. The molecule has 1 aromatic rings. The first-order chi connectivity index (χ1) is 9.11. The molecule has 2 heterocycles. The summed E-state index contributed by atoms with van der Waals surface area (Å²) >= 11 is 1.57. The highest BCUT2D eigenvalue weighted by molar-refractivity contribution is 7.15. The number of rotatable bonds is 5. The minimum atomic E-state index is -0.374. The fourth-order valence-corrected chi connectivity index (χ4v) is 3.68. The van der Waals surface area contributed by atoms with Crippen LogP contribution in [-0.2, 0) is 11.2 Å². The molecule has 1 saturated heterocycles. The van der Waals surface area contributed by atoms with Gasteiger partial charge in [0.25, 0.3) is 0 Å². The average Bonchev–Trinajstić information content (AvgIpc) is 2.97. The molecule has 0 spiro atoms. The van der Waals surface area contributed by atoms with Crippen molar-refractivity contribution in [3.63, 3.8) is 0 Å². The lowest BCUT2D eigenvalue weighted by molar-refractivity contribution is -0.122. The Morgan fingerprint density at radius 2 is 2.32 bits per heavy atom. The Morgan fingerprint density at radius 3 is 2.84 bits per heavy atom. The van der Waals surface area contributed by atoms with Gasteiger partial charge in [-0.2, -0.15) is 0 Å². The van der Waals surface area contributed by atoms with Crippen molar-refractivity contribution in [3.05, 3.63) is 10.6 Å². The number of nitrogens with one attached hydrogen (secondary N) is 2. The summed E-state index contributed by atoms with van der Waals surface area (Å²) in [4.78, 5) is 18.2. The largest absolute Gasteiger partial charge is 0.303 e. The van der Waals surface area contributed by atoms with Crippen LogP contribution in [0.3, 0.4) is 0 Å². The summed E-state index contributed by atoms with van der Waals surface area (Å²) < 4.78 is 0. The van der Waals surface area contributed by atoms with E-state index in [1.165, 1.54) is 4.88 Å². The summed E-state index contributed by atoms with van der Waals surface area (Å²) in [5.74, 6) is 0.0863. The van der Waals surface area contributed by atoms with Crippen molar-refractivity contribution in [2.75, 3.05) is 11.9 Å². The molecule has 1 atom stereocenters. The molecule has 1 aliphatic heterocycles. The second kappa shape index (κ2) is 6.01. The van der Waals surface area contributed by atoms with Crippen molar-refractivity contribution in [1.82, 2.24) is 10.3 Å². The van der Waals surface area contributed by atoms with Gasteiger partial charge in [-0.3, -0.25) is 4.79 Å². The normalized spacial score (nSPS) is 22.7. The van der Waals surface area contributed by atoms with Crippen LogP contribution < -0.4 is 10.6 Å². The monoisotopic (exact) mass is 281 g/mol. The van der Waals surface area contributed by atoms with E-state index in [0.717, 1.165) is 49.5 Å². The fourth-order valence-electron chi connectivity index (χ4n) is 2.78. The van der Waals surface area contributed by atoms with Gasteiger partial charge in [-0.25, -0.2) is 4.98 Å². The van der Waals surface area contributed by atoms with Gasteiger partial charge in [0.1, 0.15) is 0 Å². The second-order valence-corrected chi connectivity index (χ2v) is 6.40. The number of carbonyl (C=O) groups is 1. The van der Waals surface area contributed by atoms with Crippen LogP contribution in [0.15, 0.2) is 0 Å². The van der Waals surface area contributed by atoms with Crippen LogP contribution in [-0.4, -0.2) is 23.0 Å².